The van der Waals surface area contributed by atoms with E-state index in [9.17, 15) is 26.4 Å². The Hall–Kier alpha value is -1.65. The number of aliphatic carboxylic acids is 1. The molecule has 1 saturated heterocycles. The van der Waals surface area contributed by atoms with Crippen molar-refractivity contribution in [3.63, 3.8) is 0 Å². The van der Waals surface area contributed by atoms with E-state index in [1.54, 1.807) is 0 Å². The maximum absolute atomic E-state index is 13.5. The van der Waals surface area contributed by atoms with E-state index in [1.807, 2.05) is 4.72 Å². The molecule has 1 heterocycles. The molecule has 116 valence electrons. The van der Waals surface area contributed by atoms with Gasteiger partial charge in [-0.15, -0.1) is 0 Å². The van der Waals surface area contributed by atoms with Gasteiger partial charge in [0.2, 0.25) is 10.0 Å². The Balaban J connectivity index is 2.33. The average molecular weight is 325 g/mol. The number of sulfonamides is 1. The van der Waals surface area contributed by atoms with Crippen LogP contribution in [0, 0.1) is 23.4 Å². The standard InChI is InChI=1S/C11H10F3NO5S/c12-5-1-7(13)10(8(14)2-5)21(18,19)15-9-4-20-3-6(9)11(16)17/h1-2,6,9,15H,3-4H2,(H,16,17). The van der Waals surface area contributed by atoms with Crippen molar-refractivity contribution in [3.8, 4) is 0 Å². The van der Waals surface area contributed by atoms with Crippen LogP contribution in [0.2, 0.25) is 0 Å². The summed E-state index contributed by atoms with van der Waals surface area (Å²) in [5.41, 5.74) is 0. The molecule has 6 nitrogen and oxygen atoms in total. The summed E-state index contributed by atoms with van der Waals surface area (Å²) in [7, 11) is -4.70. The summed E-state index contributed by atoms with van der Waals surface area (Å²) in [5, 5.41) is 8.88. The summed E-state index contributed by atoms with van der Waals surface area (Å²) in [5.74, 6) is -6.96. The van der Waals surface area contributed by atoms with E-state index in [4.69, 9.17) is 9.84 Å². The number of ether oxygens (including phenoxy) is 1. The van der Waals surface area contributed by atoms with Crippen molar-refractivity contribution < 1.29 is 36.2 Å². The van der Waals surface area contributed by atoms with Crippen LogP contribution >= 0.6 is 0 Å². The summed E-state index contributed by atoms with van der Waals surface area (Å²) < 4.78 is 70.4. The van der Waals surface area contributed by atoms with E-state index in [-0.39, 0.29) is 25.3 Å². The highest BCUT2D eigenvalue weighted by molar-refractivity contribution is 7.89. The van der Waals surface area contributed by atoms with Crippen LogP contribution in [-0.2, 0) is 19.6 Å². The summed E-state index contributed by atoms with van der Waals surface area (Å²) in [4.78, 5) is 9.54. The van der Waals surface area contributed by atoms with Crippen LogP contribution < -0.4 is 4.72 Å². The van der Waals surface area contributed by atoms with Gasteiger partial charge in [-0.2, -0.15) is 0 Å². The SMILES string of the molecule is O=C(O)C1COCC1NS(=O)(=O)c1c(F)cc(F)cc1F. The van der Waals surface area contributed by atoms with Crippen LogP contribution in [0.15, 0.2) is 17.0 Å². The molecule has 0 bridgehead atoms. The molecule has 1 aromatic carbocycles. The molecule has 0 spiro atoms. The number of carbonyl (C=O) groups is 1. The second-order valence-corrected chi connectivity index (χ2v) is 6.06. The average Bonchev–Trinajstić information content (AvgIpc) is 2.73. The van der Waals surface area contributed by atoms with E-state index in [0.717, 1.165) is 0 Å². The summed E-state index contributed by atoms with van der Waals surface area (Å²) in [6.45, 7) is -0.475. The Labute approximate surface area is 117 Å². The Morgan fingerprint density at radius 3 is 2.33 bits per heavy atom. The zero-order valence-corrected chi connectivity index (χ0v) is 11.2. The highest BCUT2D eigenvalue weighted by atomic mass is 32.2. The number of hydrogen-bond donors (Lipinski definition) is 2. The zero-order chi connectivity index (χ0) is 15.8. The number of hydrogen-bond acceptors (Lipinski definition) is 4. The fourth-order valence-corrected chi connectivity index (χ4v) is 3.34. The smallest absolute Gasteiger partial charge is 0.310 e. The Morgan fingerprint density at radius 2 is 1.81 bits per heavy atom. The number of rotatable bonds is 4. The monoisotopic (exact) mass is 325 g/mol. The Bertz CT molecular complexity index is 655. The van der Waals surface area contributed by atoms with Crippen molar-refractivity contribution in [1.82, 2.24) is 4.72 Å². The van der Waals surface area contributed by atoms with Gasteiger partial charge in [-0.25, -0.2) is 26.3 Å². The van der Waals surface area contributed by atoms with Crippen LogP contribution in [0.5, 0.6) is 0 Å². The van der Waals surface area contributed by atoms with E-state index in [0.29, 0.717) is 0 Å². The molecule has 0 saturated carbocycles. The summed E-state index contributed by atoms with van der Waals surface area (Å²) >= 11 is 0. The van der Waals surface area contributed by atoms with Crippen molar-refractivity contribution in [2.24, 2.45) is 5.92 Å². The van der Waals surface area contributed by atoms with Crippen LogP contribution in [0.4, 0.5) is 13.2 Å². The predicted molar refractivity (Wildman–Crippen MR) is 62.4 cm³/mol. The van der Waals surface area contributed by atoms with Crippen LogP contribution in [0.25, 0.3) is 0 Å². The van der Waals surface area contributed by atoms with E-state index in [2.05, 4.69) is 0 Å². The number of halogens is 3. The lowest BCUT2D eigenvalue weighted by Gasteiger charge is -2.16. The van der Waals surface area contributed by atoms with Gasteiger partial charge in [0.05, 0.1) is 25.2 Å². The van der Waals surface area contributed by atoms with Gasteiger partial charge in [0.1, 0.15) is 17.5 Å². The number of nitrogens with one attached hydrogen (secondary N) is 1. The fourth-order valence-electron chi connectivity index (χ4n) is 1.96. The van der Waals surface area contributed by atoms with Gasteiger partial charge in [0.15, 0.2) is 4.90 Å². The molecule has 0 radical (unpaired) electrons. The van der Waals surface area contributed by atoms with Crippen molar-refractivity contribution in [2.45, 2.75) is 10.9 Å². The first kappa shape index (κ1) is 15.7. The molecule has 2 rings (SSSR count). The quantitative estimate of drug-likeness (QED) is 0.840. The topological polar surface area (TPSA) is 92.7 Å². The number of benzene rings is 1. The molecular weight excluding hydrogens is 315 g/mol. The van der Waals surface area contributed by atoms with Crippen molar-refractivity contribution in [1.29, 1.82) is 0 Å². The largest absolute Gasteiger partial charge is 0.481 e. The third-order valence-corrected chi connectivity index (χ3v) is 4.48. The maximum Gasteiger partial charge on any atom is 0.310 e. The van der Waals surface area contributed by atoms with Gasteiger partial charge in [0, 0.05) is 12.1 Å². The van der Waals surface area contributed by atoms with E-state index >= 15 is 0 Å². The third kappa shape index (κ3) is 3.17. The third-order valence-electron chi connectivity index (χ3n) is 2.94. The Kier molecular flexibility index (Phi) is 4.21. The molecule has 1 aliphatic heterocycles. The Morgan fingerprint density at radius 1 is 1.24 bits per heavy atom. The molecule has 1 aromatic rings. The van der Waals surface area contributed by atoms with E-state index in [1.165, 1.54) is 0 Å². The summed E-state index contributed by atoms with van der Waals surface area (Å²) in [6.07, 6.45) is 0. The summed E-state index contributed by atoms with van der Waals surface area (Å²) in [6, 6.07) is -0.731. The van der Waals surface area contributed by atoms with Gasteiger partial charge in [0.25, 0.3) is 0 Å². The molecule has 21 heavy (non-hydrogen) atoms. The first-order valence-corrected chi connectivity index (χ1v) is 7.18. The predicted octanol–water partition coefficient (Wildman–Crippen LogP) is 0.482. The van der Waals surface area contributed by atoms with Crippen LogP contribution in [0.1, 0.15) is 0 Å². The van der Waals surface area contributed by atoms with Crippen LogP contribution in [0.3, 0.4) is 0 Å². The number of carboxylic acid groups (broad SMARTS) is 1. The lowest BCUT2D eigenvalue weighted by Crippen LogP contribution is -2.43. The zero-order valence-electron chi connectivity index (χ0n) is 10.3. The van der Waals surface area contributed by atoms with Gasteiger partial charge in [-0.05, 0) is 0 Å². The maximum atomic E-state index is 13.5. The van der Waals surface area contributed by atoms with Crippen molar-refractivity contribution in [3.05, 3.63) is 29.6 Å². The minimum atomic E-state index is -4.70. The molecule has 2 atom stereocenters. The molecule has 2 N–H and O–H groups in total. The lowest BCUT2D eigenvalue weighted by atomic mass is 10.1. The minimum Gasteiger partial charge on any atom is -0.481 e. The highest BCUT2D eigenvalue weighted by Crippen LogP contribution is 2.22. The fraction of sp³-hybridized carbons (Fsp3) is 0.364. The first-order valence-electron chi connectivity index (χ1n) is 5.70. The molecule has 0 aliphatic carbocycles. The van der Waals surface area contributed by atoms with Gasteiger partial charge < -0.3 is 9.84 Å². The second-order valence-electron chi connectivity index (χ2n) is 4.41. The van der Waals surface area contributed by atoms with Gasteiger partial charge >= 0.3 is 5.97 Å². The van der Waals surface area contributed by atoms with Crippen molar-refractivity contribution in [2.75, 3.05) is 13.2 Å². The first-order chi connectivity index (χ1) is 9.72. The van der Waals surface area contributed by atoms with Gasteiger partial charge in [-0.1, -0.05) is 0 Å². The van der Waals surface area contributed by atoms with Crippen LogP contribution in [-0.4, -0.2) is 38.7 Å². The second kappa shape index (κ2) is 5.62. The molecular formula is C11H10F3NO5S. The molecule has 0 aromatic heterocycles. The molecule has 1 aliphatic rings. The van der Waals surface area contributed by atoms with E-state index < -0.39 is 50.3 Å². The van der Waals surface area contributed by atoms with Crippen molar-refractivity contribution >= 4 is 16.0 Å². The lowest BCUT2D eigenvalue weighted by molar-refractivity contribution is -0.142. The molecule has 10 heteroatoms. The molecule has 0 amide bonds. The highest BCUT2D eigenvalue weighted by Gasteiger charge is 2.38. The normalized spacial score (nSPS) is 22.4. The molecule has 1 fully saturated rings. The van der Waals surface area contributed by atoms with Gasteiger partial charge in [-0.3, -0.25) is 4.79 Å². The molecule has 2 unspecified atom stereocenters. The number of carboxylic acids is 1. The minimum absolute atomic E-state index is 0.220.